The standard InChI is InChI=1S/C25H22ClF2N5O/c26-19-13-29-24(31-25(34)32-8-2-1-3-9-32)12-18(19)17-5-7-22-23(11-17)33(15-30-22)14-16-4-6-20(27)21(28)10-16/h4-7,10-13,15H,1-3,8-9,14H2,(H,29,31,34). The SMILES string of the molecule is O=C(Nc1cc(-c2ccc3ncn(Cc4ccc(F)c(F)c4)c3c2)c(Cl)cn1)N1CCCCC1. The molecule has 5 rings (SSSR count). The summed E-state index contributed by atoms with van der Waals surface area (Å²) >= 11 is 6.46. The second-order valence-electron chi connectivity index (χ2n) is 8.35. The van der Waals surface area contributed by atoms with Crippen LogP contribution in [0.5, 0.6) is 0 Å². The number of piperidine rings is 1. The molecule has 174 valence electrons. The molecule has 0 spiro atoms. The summed E-state index contributed by atoms with van der Waals surface area (Å²) in [7, 11) is 0. The van der Waals surface area contributed by atoms with Crippen molar-refractivity contribution in [2.75, 3.05) is 18.4 Å². The van der Waals surface area contributed by atoms with Gasteiger partial charge in [-0.15, -0.1) is 0 Å². The van der Waals surface area contributed by atoms with Crippen LogP contribution in [0.1, 0.15) is 24.8 Å². The van der Waals surface area contributed by atoms with Crippen molar-refractivity contribution in [1.29, 1.82) is 0 Å². The van der Waals surface area contributed by atoms with Crippen LogP contribution < -0.4 is 5.32 Å². The van der Waals surface area contributed by atoms with Crippen molar-refractivity contribution in [2.45, 2.75) is 25.8 Å². The molecule has 0 atom stereocenters. The molecule has 4 aromatic rings. The van der Waals surface area contributed by atoms with Gasteiger partial charge in [0.2, 0.25) is 0 Å². The molecule has 0 saturated carbocycles. The Morgan fingerprint density at radius 2 is 1.82 bits per heavy atom. The van der Waals surface area contributed by atoms with Crippen LogP contribution in [0.3, 0.4) is 0 Å². The van der Waals surface area contributed by atoms with Crippen LogP contribution in [0.2, 0.25) is 5.02 Å². The third kappa shape index (κ3) is 4.59. The highest BCUT2D eigenvalue weighted by Crippen LogP contribution is 2.31. The van der Waals surface area contributed by atoms with Gasteiger partial charge in [0.15, 0.2) is 11.6 Å². The molecule has 1 aliphatic heterocycles. The van der Waals surface area contributed by atoms with Gasteiger partial charge in [0.25, 0.3) is 0 Å². The van der Waals surface area contributed by atoms with Gasteiger partial charge in [0.05, 0.1) is 22.4 Å². The maximum absolute atomic E-state index is 13.6. The van der Waals surface area contributed by atoms with Crippen LogP contribution >= 0.6 is 11.6 Å². The number of carbonyl (C=O) groups excluding carboxylic acids is 1. The Kier molecular flexibility index (Phi) is 6.15. The van der Waals surface area contributed by atoms with Gasteiger partial charge in [-0.1, -0.05) is 23.7 Å². The van der Waals surface area contributed by atoms with E-state index in [1.807, 2.05) is 22.8 Å². The number of carbonyl (C=O) groups is 1. The number of hydrogen-bond donors (Lipinski definition) is 1. The van der Waals surface area contributed by atoms with E-state index in [0.29, 0.717) is 28.5 Å². The Labute approximate surface area is 200 Å². The first-order chi connectivity index (χ1) is 16.5. The van der Waals surface area contributed by atoms with Gasteiger partial charge in [0, 0.05) is 31.4 Å². The minimum absolute atomic E-state index is 0.166. The molecule has 3 heterocycles. The molecule has 9 heteroatoms. The molecule has 0 unspecified atom stereocenters. The highest BCUT2D eigenvalue weighted by molar-refractivity contribution is 6.33. The van der Waals surface area contributed by atoms with Gasteiger partial charge in [-0.05, 0) is 60.7 Å². The van der Waals surface area contributed by atoms with Gasteiger partial charge in [-0.2, -0.15) is 0 Å². The first-order valence-corrected chi connectivity index (χ1v) is 11.5. The average Bonchev–Trinajstić information content (AvgIpc) is 3.25. The first kappa shape index (κ1) is 22.3. The van der Waals surface area contributed by atoms with Crippen molar-refractivity contribution in [3.63, 3.8) is 0 Å². The predicted molar refractivity (Wildman–Crippen MR) is 128 cm³/mol. The Morgan fingerprint density at radius 3 is 2.62 bits per heavy atom. The number of urea groups is 1. The van der Waals surface area contributed by atoms with Gasteiger partial charge >= 0.3 is 6.03 Å². The number of nitrogens with one attached hydrogen (secondary N) is 1. The summed E-state index contributed by atoms with van der Waals surface area (Å²) in [5.41, 5.74) is 3.73. The number of likely N-dealkylation sites (tertiary alicyclic amines) is 1. The van der Waals surface area contributed by atoms with Crippen molar-refractivity contribution in [3.05, 3.63) is 77.2 Å². The predicted octanol–water partition coefficient (Wildman–Crippen LogP) is 6.10. The number of rotatable bonds is 4. The van der Waals surface area contributed by atoms with E-state index >= 15 is 0 Å². The Morgan fingerprint density at radius 1 is 1.00 bits per heavy atom. The number of anilines is 1. The van der Waals surface area contributed by atoms with E-state index in [4.69, 9.17) is 11.6 Å². The van der Waals surface area contributed by atoms with Crippen LogP contribution in [0.25, 0.3) is 22.2 Å². The van der Waals surface area contributed by atoms with E-state index in [1.54, 1.807) is 23.4 Å². The number of hydrogen-bond acceptors (Lipinski definition) is 3. The Hall–Kier alpha value is -3.52. The average molecular weight is 482 g/mol. The molecule has 0 aliphatic carbocycles. The lowest BCUT2D eigenvalue weighted by Gasteiger charge is -2.26. The molecule has 2 aromatic heterocycles. The second-order valence-corrected chi connectivity index (χ2v) is 8.76. The maximum Gasteiger partial charge on any atom is 0.323 e. The number of pyridine rings is 1. The molecule has 1 aliphatic rings. The van der Waals surface area contributed by atoms with Crippen molar-refractivity contribution in [2.24, 2.45) is 0 Å². The smallest absolute Gasteiger partial charge is 0.323 e. The van der Waals surface area contributed by atoms with Crippen LogP contribution in [-0.2, 0) is 6.54 Å². The summed E-state index contributed by atoms with van der Waals surface area (Å²) in [6.45, 7) is 1.81. The molecular formula is C25H22ClF2N5O. The largest absolute Gasteiger partial charge is 0.326 e. The minimum Gasteiger partial charge on any atom is -0.326 e. The highest BCUT2D eigenvalue weighted by atomic mass is 35.5. The number of aromatic nitrogens is 3. The zero-order valence-electron chi connectivity index (χ0n) is 18.3. The van der Waals surface area contributed by atoms with Crippen molar-refractivity contribution in [1.82, 2.24) is 19.4 Å². The molecule has 1 N–H and O–H groups in total. The number of imidazole rings is 1. The van der Waals surface area contributed by atoms with E-state index in [0.717, 1.165) is 55.0 Å². The molecule has 0 bridgehead atoms. The van der Waals surface area contributed by atoms with Crippen LogP contribution in [0.4, 0.5) is 19.4 Å². The molecule has 1 saturated heterocycles. The second kappa shape index (κ2) is 9.38. The summed E-state index contributed by atoms with van der Waals surface area (Å²) in [6, 6.07) is 11.1. The molecule has 34 heavy (non-hydrogen) atoms. The Bertz CT molecular complexity index is 1370. The van der Waals surface area contributed by atoms with Crippen LogP contribution in [0, 0.1) is 11.6 Å². The van der Waals surface area contributed by atoms with Gasteiger partial charge in [0.1, 0.15) is 5.82 Å². The maximum atomic E-state index is 13.6. The van der Waals surface area contributed by atoms with Gasteiger partial charge in [-0.25, -0.2) is 23.5 Å². The van der Waals surface area contributed by atoms with Gasteiger partial charge in [-0.3, -0.25) is 5.32 Å². The molecular weight excluding hydrogens is 460 g/mol. The monoisotopic (exact) mass is 481 g/mol. The summed E-state index contributed by atoms with van der Waals surface area (Å²) in [4.78, 5) is 23.1. The minimum atomic E-state index is -0.884. The molecule has 2 aromatic carbocycles. The van der Waals surface area contributed by atoms with Crippen molar-refractivity contribution in [3.8, 4) is 11.1 Å². The fourth-order valence-electron chi connectivity index (χ4n) is 4.20. The quantitative estimate of drug-likeness (QED) is 0.383. The van der Waals surface area contributed by atoms with E-state index in [1.165, 1.54) is 12.3 Å². The summed E-state index contributed by atoms with van der Waals surface area (Å²) in [5, 5.41) is 3.31. The molecule has 1 fully saturated rings. The number of benzene rings is 2. The number of fused-ring (bicyclic) bond motifs is 1. The fraction of sp³-hybridized carbons (Fsp3) is 0.240. The topological polar surface area (TPSA) is 63.1 Å². The van der Waals surface area contributed by atoms with E-state index < -0.39 is 11.6 Å². The first-order valence-electron chi connectivity index (χ1n) is 11.1. The number of amides is 2. The zero-order chi connectivity index (χ0) is 23.7. The summed E-state index contributed by atoms with van der Waals surface area (Å²) < 4.78 is 28.8. The lowest BCUT2D eigenvalue weighted by molar-refractivity contribution is 0.200. The van der Waals surface area contributed by atoms with Gasteiger partial charge < -0.3 is 9.47 Å². The molecule has 2 amide bonds. The molecule has 6 nitrogen and oxygen atoms in total. The number of nitrogens with zero attached hydrogens (tertiary/aromatic N) is 4. The summed E-state index contributed by atoms with van der Waals surface area (Å²) in [6.07, 6.45) is 6.33. The van der Waals surface area contributed by atoms with E-state index in [-0.39, 0.29) is 6.03 Å². The summed E-state index contributed by atoms with van der Waals surface area (Å²) in [5.74, 6) is -1.34. The fourth-order valence-corrected chi connectivity index (χ4v) is 4.41. The zero-order valence-corrected chi connectivity index (χ0v) is 19.0. The van der Waals surface area contributed by atoms with Crippen molar-refractivity contribution >= 4 is 34.5 Å². The molecule has 0 radical (unpaired) electrons. The van der Waals surface area contributed by atoms with Crippen LogP contribution in [-0.4, -0.2) is 38.6 Å². The third-order valence-electron chi connectivity index (χ3n) is 6.00. The third-order valence-corrected chi connectivity index (χ3v) is 6.30. The lowest BCUT2D eigenvalue weighted by atomic mass is 10.1. The number of halogens is 3. The van der Waals surface area contributed by atoms with E-state index in [9.17, 15) is 13.6 Å². The Balaban J connectivity index is 1.43. The lowest BCUT2D eigenvalue weighted by Crippen LogP contribution is -2.38. The van der Waals surface area contributed by atoms with Crippen LogP contribution in [0.15, 0.2) is 55.0 Å². The normalized spacial score (nSPS) is 13.9. The van der Waals surface area contributed by atoms with E-state index in [2.05, 4.69) is 15.3 Å². The highest BCUT2D eigenvalue weighted by Gasteiger charge is 2.18. The van der Waals surface area contributed by atoms with Crippen molar-refractivity contribution < 1.29 is 13.6 Å².